The standard InChI is InChI=1S/C11H14N6S/c1-12-8-5-9(15-10(14-8)7-3-4-7)18-11-16-13-6-17(11)2/h5-7H,3-4H2,1-2H3,(H,12,14,15). The van der Waals surface area contributed by atoms with Gasteiger partial charge >= 0.3 is 0 Å². The Labute approximate surface area is 109 Å². The van der Waals surface area contributed by atoms with Gasteiger partial charge in [-0.3, -0.25) is 0 Å². The summed E-state index contributed by atoms with van der Waals surface area (Å²) in [6.07, 6.45) is 4.08. The second-order valence-electron chi connectivity index (χ2n) is 4.30. The Hall–Kier alpha value is -1.63. The first-order valence-corrected chi connectivity index (χ1v) is 6.66. The zero-order valence-corrected chi connectivity index (χ0v) is 11.1. The average molecular weight is 262 g/mol. The van der Waals surface area contributed by atoms with Crippen LogP contribution in [-0.4, -0.2) is 31.8 Å². The van der Waals surface area contributed by atoms with Crippen LogP contribution in [0.1, 0.15) is 24.6 Å². The van der Waals surface area contributed by atoms with Gasteiger partial charge in [0.05, 0.1) is 0 Å². The molecule has 2 aromatic heterocycles. The van der Waals surface area contributed by atoms with Crippen LogP contribution in [0.4, 0.5) is 5.82 Å². The number of nitrogens with zero attached hydrogens (tertiary/aromatic N) is 5. The number of hydrogen-bond acceptors (Lipinski definition) is 6. The van der Waals surface area contributed by atoms with E-state index in [2.05, 4.69) is 25.5 Å². The van der Waals surface area contributed by atoms with E-state index in [4.69, 9.17) is 0 Å². The summed E-state index contributed by atoms with van der Waals surface area (Å²) < 4.78 is 1.88. The largest absolute Gasteiger partial charge is 0.373 e. The van der Waals surface area contributed by atoms with Crippen molar-refractivity contribution in [3.63, 3.8) is 0 Å². The summed E-state index contributed by atoms with van der Waals surface area (Å²) in [5.41, 5.74) is 0. The van der Waals surface area contributed by atoms with Gasteiger partial charge in [-0.1, -0.05) is 0 Å². The first-order valence-electron chi connectivity index (χ1n) is 5.85. The van der Waals surface area contributed by atoms with Crippen molar-refractivity contribution in [2.75, 3.05) is 12.4 Å². The van der Waals surface area contributed by atoms with E-state index >= 15 is 0 Å². The van der Waals surface area contributed by atoms with E-state index < -0.39 is 0 Å². The molecule has 0 spiro atoms. The number of aryl methyl sites for hydroxylation is 1. The molecule has 0 radical (unpaired) electrons. The highest BCUT2D eigenvalue weighted by atomic mass is 32.2. The van der Waals surface area contributed by atoms with Gasteiger partial charge < -0.3 is 9.88 Å². The lowest BCUT2D eigenvalue weighted by atomic mass is 10.4. The third kappa shape index (κ3) is 2.31. The predicted octanol–water partition coefficient (Wildman–Crippen LogP) is 1.68. The SMILES string of the molecule is CNc1cc(Sc2nncn2C)nc(C2CC2)n1. The first-order chi connectivity index (χ1) is 8.76. The Morgan fingerprint density at radius 2 is 2.22 bits per heavy atom. The van der Waals surface area contributed by atoms with Gasteiger partial charge in [-0.25, -0.2) is 9.97 Å². The fourth-order valence-electron chi connectivity index (χ4n) is 1.61. The van der Waals surface area contributed by atoms with Crippen LogP contribution >= 0.6 is 11.8 Å². The summed E-state index contributed by atoms with van der Waals surface area (Å²) >= 11 is 1.51. The van der Waals surface area contributed by atoms with Crippen LogP contribution in [0.5, 0.6) is 0 Å². The van der Waals surface area contributed by atoms with Crippen LogP contribution in [0.25, 0.3) is 0 Å². The minimum atomic E-state index is 0.539. The minimum absolute atomic E-state index is 0.539. The third-order valence-corrected chi connectivity index (χ3v) is 3.75. The quantitative estimate of drug-likeness (QED) is 0.845. The van der Waals surface area contributed by atoms with Crippen molar-refractivity contribution in [2.45, 2.75) is 28.9 Å². The molecule has 0 saturated heterocycles. The molecule has 0 aliphatic heterocycles. The molecular weight excluding hydrogens is 248 g/mol. The lowest BCUT2D eigenvalue weighted by Crippen LogP contribution is -2.00. The Morgan fingerprint density at radius 1 is 1.39 bits per heavy atom. The number of aromatic nitrogens is 5. The molecule has 1 fully saturated rings. The first kappa shape index (κ1) is 11.5. The Kier molecular flexibility index (Phi) is 2.91. The van der Waals surface area contributed by atoms with Gasteiger partial charge in [-0.2, -0.15) is 0 Å². The predicted molar refractivity (Wildman–Crippen MR) is 68.7 cm³/mol. The minimum Gasteiger partial charge on any atom is -0.373 e. The second kappa shape index (κ2) is 4.56. The van der Waals surface area contributed by atoms with Crippen LogP contribution in [-0.2, 0) is 7.05 Å². The number of nitrogens with one attached hydrogen (secondary N) is 1. The van der Waals surface area contributed by atoms with Crippen molar-refractivity contribution in [1.29, 1.82) is 0 Å². The fraction of sp³-hybridized carbons (Fsp3) is 0.455. The van der Waals surface area contributed by atoms with E-state index in [-0.39, 0.29) is 0 Å². The van der Waals surface area contributed by atoms with Crippen LogP contribution in [0, 0.1) is 0 Å². The zero-order valence-electron chi connectivity index (χ0n) is 10.3. The average Bonchev–Trinajstić information content (AvgIpc) is 3.15. The smallest absolute Gasteiger partial charge is 0.197 e. The van der Waals surface area contributed by atoms with Crippen LogP contribution in [0.15, 0.2) is 22.6 Å². The lowest BCUT2D eigenvalue weighted by Gasteiger charge is -2.06. The molecule has 2 aromatic rings. The van der Waals surface area contributed by atoms with Crippen molar-refractivity contribution >= 4 is 17.6 Å². The van der Waals surface area contributed by atoms with Crippen molar-refractivity contribution in [1.82, 2.24) is 24.7 Å². The van der Waals surface area contributed by atoms with Crippen molar-refractivity contribution in [2.24, 2.45) is 7.05 Å². The highest BCUT2D eigenvalue weighted by Gasteiger charge is 2.27. The molecule has 2 heterocycles. The van der Waals surface area contributed by atoms with E-state index in [1.807, 2.05) is 24.7 Å². The Morgan fingerprint density at radius 3 is 2.83 bits per heavy atom. The summed E-state index contributed by atoms with van der Waals surface area (Å²) in [5.74, 6) is 2.33. The molecule has 0 aromatic carbocycles. The second-order valence-corrected chi connectivity index (χ2v) is 5.29. The fourth-order valence-corrected chi connectivity index (χ4v) is 2.38. The molecule has 0 bridgehead atoms. The van der Waals surface area contributed by atoms with Gasteiger partial charge in [0.1, 0.15) is 23.0 Å². The van der Waals surface area contributed by atoms with Gasteiger partial charge in [0.15, 0.2) is 5.16 Å². The molecular formula is C11H14N6S. The number of hydrogen-bond donors (Lipinski definition) is 1. The van der Waals surface area contributed by atoms with Gasteiger partial charge in [-0.05, 0) is 24.6 Å². The van der Waals surface area contributed by atoms with Gasteiger partial charge in [0.2, 0.25) is 0 Å². The zero-order chi connectivity index (χ0) is 12.5. The topological polar surface area (TPSA) is 68.5 Å². The summed E-state index contributed by atoms with van der Waals surface area (Å²) in [7, 11) is 3.79. The van der Waals surface area contributed by atoms with E-state index in [9.17, 15) is 0 Å². The molecule has 3 rings (SSSR count). The maximum absolute atomic E-state index is 4.59. The van der Waals surface area contributed by atoms with Crippen LogP contribution < -0.4 is 5.32 Å². The van der Waals surface area contributed by atoms with E-state index in [1.54, 1.807) is 6.33 Å². The van der Waals surface area contributed by atoms with Crippen molar-refractivity contribution < 1.29 is 0 Å². The molecule has 1 saturated carbocycles. The molecule has 1 aliphatic carbocycles. The van der Waals surface area contributed by atoms with E-state index in [0.717, 1.165) is 21.8 Å². The highest BCUT2D eigenvalue weighted by Crippen LogP contribution is 2.39. The van der Waals surface area contributed by atoms with Crippen molar-refractivity contribution in [3.8, 4) is 0 Å². The summed E-state index contributed by atoms with van der Waals surface area (Å²) in [4.78, 5) is 9.08. The molecule has 0 amide bonds. The Balaban J connectivity index is 1.90. The summed E-state index contributed by atoms with van der Waals surface area (Å²) in [6.45, 7) is 0. The molecule has 18 heavy (non-hydrogen) atoms. The van der Waals surface area contributed by atoms with Crippen molar-refractivity contribution in [3.05, 3.63) is 18.2 Å². The molecule has 0 atom stereocenters. The summed E-state index contributed by atoms with van der Waals surface area (Å²) in [5, 5.41) is 12.7. The highest BCUT2D eigenvalue weighted by molar-refractivity contribution is 7.99. The molecule has 0 unspecified atom stereocenters. The normalized spacial score (nSPS) is 14.8. The van der Waals surface area contributed by atoms with E-state index in [1.165, 1.54) is 24.6 Å². The molecule has 7 heteroatoms. The van der Waals surface area contributed by atoms with Gasteiger partial charge in [0.25, 0.3) is 0 Å². The van der Waals surface area contributed by atoms with E-state index in [0.29, 0.717) is 5.92 Å². The third-order valence-electron chi connectivity index (χ3n) is 2.78. The molecule has 1 N–H and O–H groups in total. The van der Waals surface area contributed by atoms with Gasteiger partial charge in [0, 0.05) is 26.1 Å². The van der Waals surface area contributed by atoms with Crippen LogP contribution in [0.2, 0.25) is 0 Å². The maximum atomic E-state index is 4.59. The van der Waals surface area contributed by atoms with Gasteiger partial charge in [-0.15, -0.1) is 10.2 Å². The molecule has 6 nitrogen and oxygen atoms in total. The summed E-state index contributed by atoms with van der Waals surface area (Å²) in [6, 6.07) is 1.94. The monoisotopic (exact) mass is 262 g/mol. The molecule has 1 aliphatic rings. The number of anilines is 1. The maximum Gasteiger partial charge on any atom is 0.197 e. The molecule has 94 valence electrons. The Bertz CT molecular complexity index is 562. The van der Waals surface area contributed by atoms with Crippen LogP contribution in [0.3, 0.4) is 0 Å². The lowest BCUT2D eigenvalue weighted by molar-refractivity contribution is 0.785. The number of rotatable bonds is 4.